The van der Waals surface area contributed by atoms with Gasteiger partial charge in [0, 0.05) is 13.1 Å². The summed E-state index contributed by atoms with van der Waals surface area (Å²) in [5.41, 5.74) is 3.39. The van der Waals surface area contributed by atoms with E-state index in [2.05, 4.69) is 26.6 Å². The lowest BCUT2D eigenvalue weighted by atomic mass is 9.93. The average Bonchev–Trinajstić information content (AvgIpc) is 3.19. The Morgan fingerprint density at radius 1 is 0.582 bits per heavy atom. The van der Waals surface area contributed by atoms with Gasteiger partial charge in [-0.15, -0.1) is 0 Å². The predicted molar refractivity (Wildman–Crippen MR) is 213 cm³/mol. The number of aliphatic hydroxyl groups excluding tert-OH is 1. The molecular weight excluding hydrogens is 695 g/mol. The fraction of sp³-hybridized carbons (Fsp3) is 0.364. The molecule has 0 aliphatic heterocycles. The molecule has 0 spiro atoms. The number of amides is 4. The van der Waals surface area contributed by atoms with E-state index in [9.17, 15) is 24.3 Å². The van der Waals surface area contributed by atoms with Crippen LogP contribution in [-0.4, -0.2) is 59.2 Å². The molecule has 0 aliphatic carbocycles. The second kappa shape index (κ2) is 22.0. The molecule has 4 amide bonds. The molecule has 0 saturated heterocycles. The summed E-state index contributed by atoms with van der Waals surface area (Å²) < 4.78 is 5.40. The molecule has 5 atom stereocenters. The minimum Gasteiger partial charge on any atom is -0.445 e. The Kier molecular flexibility index (Phi) is 16.9. The number of ether oxygens (including phenoxy) is 1. The van der Waals surface area contributed by atoms with Crippen molar-refractivity contribution in [2.75, 3.05) is 0 Å². The molecule has 55 heavy (non-hydrogen) atoms. The Balaban J connectivity index is 1.57. The lowest BCUT2D eigenvalue weighted by molar-refractivity contribution is -0.133. The summed E-state index contributed by atoms with van der Waals surface area (Å²) in [7, 11) is 0. The third-order valence-electron chi connectivity index (χ3n) is 9.12. The number of hydrogen-bond acceptors (Lipinski definition) is 7. The fourth-order valence-electron chi connectivity index (χ4n) is 6.12. The van der Waals surface area contributed by atoms with Crippen molar-refractivity contribution in [1.29, 1.82) is 0 Å². The molecule has 0 aromatic heterocycles. The van der Waals surface area contributed by atoms with Gasteiger partial charge >= 0.3 is 6.09 Å². The van der Waals surface area contributed by atoms with Crippen molar-refractivity contribution >= 4 is 23.8 Å². The van der Waals surface area contributed by atoms with E-state index in [0.29, 0.717) is 13.0 Å². The highest BCUT2D eigenvalue weighted by atomic mass is 16.5. The molecule has 6 N–H and O–H groups in total. The van der Waals surface area contributed by atoms with E-state index in [1.165, 1.54) is 0 Å². The van der Waals surface area contributed by atoms with Crippen LogP contribution >= 0.6 is 0 Å². The number of benzene rings is 4. The first-order chi connectivity index (χ1) is 26.5. The van der Waals surface area contributed by atoms with Gasteiger partial charge in [-0.05, 0) is 46.9 Å². The first kappa shape index (κ1) is 42.2. The molecule has 0 radical (unpaired) electrons. The Hall–Kier alpha value is -5.52. The molecule has 0 unspecified atom stereocenters. The molecule has 11 nitrogen and oxygen atoms in total. The van der Waals surface area contributed by atoms with Crippen molar-refractivity contribution in [3.8, 4) is 0 Å². The number of hydrogen-bond donors (Lipinski definition) is 6. The number of alkyl carbamates (subject to hydrolysis) is 1. The van der Waals surface area contributed by atoms with Crippen LogP contribution in [-0.2, 0) is 45.2 Å². The van der Waals surface area contributed by atoms with E-state index >= 15 is 0 Å². The zero-order chi connectivity index (χ0) is 39.6. The number of rotatable bonds is 20. The van der Waals surface area contributed by atoms with E-state index in [1.807, 2.05) is 135 Å². The highest BCUT2D eigenvalue weighted by Crippen LogP contribution is 2.15. The maximum Gasteiger partial charge on any atom is 0.408 e. The molecule has 0 saturated carbocycles. The minimum atomic E-state index is -1.47. The predicted octanol–water partition coefficient (Wildman–Crippen LogP) is 5.03. The van der Waals surface area contributed by atoms with Crippen molar-refractivity contribution in [1.82, 2.24) is 26.6 Å². The van der Waals surface area contributed by atoms with Crippen LogP contribution in [0.3, 0.4) is 0 Å². The third-order valence-corrected chi connectivity index (χ3v) is 9.12. The Bertz CT molecular complexity index is 1760. The van der Waals surface area contributed by atoms with Gasteiger partial charge in [0.05, 0.1) is 12.1 Å². The van der Waals surface area contributed by atoms with Gasteiger partial charge in [-0.1, -0.05) is 149 Å². The largest absolute Gasteiger partial charge is 0.445 e. The molecule has 4 rings (SSSR count). The fourth-order valence-corrected chi connectivity index (χ4v) is 6.12. The molecule has 4 aromatic carbocycles. The third kappa shape index (κ3) is 14.3. The van der Waals surface area contributed by atoms with E-state index in [0.717, 1.165) is 22.3 Å². The maximum atomic E-state index is 14.3. The van der Waals surface area contributed by atoms with Crippen molar-refractivity contribution in [2.24, 2.45) is 11.8 Å². The lowest BCUT2D eigenvalue weighted by Crippen LogP contribution is -2.63. The summed E-state index contributed by atoms with van der Waals surface area (Å²) in [4.78, 5) is 54.7. The molecule has 11 heteroatoms. The molecular formula is C44H55N5O6. The van der Waals surface area contributed by atoms with Crippen molar-refractivity contribution < 1.29 is 29.0 Å². The van der Waals surface area contributed by atoms with Gasteiger partial charge < -0.3 is 31.1 Å². The van der Waals surface area contributed by atoms with Crippen molar-refractivity contribution in [3.63, 3.8) is 0 Å². The van der Waals surface area contributed by atoms with Crippen LogP contribution in [0, 0.1) is 11.8 Å². The van der Waals surface area contributed by atoms with Gasteiger partial charge in [0.1, 0.15) is 24.7 Å². The zero-order valence-electron chi connectivity index (χ0n) is 32.1. The second-order valence-electron chi connectivity index (χ2n) is 14.5. The van der Waals surface area contributed by atoms with Gasteiger partial charge in [0.15, 0.2) is 0 Å². The summed E-state index contributed by atoms with van der Waals surface area (Å²) in [6.07, 6.45) is -1.71. The summed E-state index contributed by atoms with van der Waals surface area (Å²) in [5.74, 6) is -1.77. The van der Waals surface area contributed by atoms with E-state index in [1.54, 1.807) is 13.8 Å². The van der Waals surface area contributed by atoms with Crippen LogP contribution in [0.4, 0.5) is 4.79 Å². The Morgan fingerprint density at radius 3 is 1.60 bits per heavy atom. The highest BCUT2D eigenvalue weighted by molar-refractivity contribution is 5.90. The van der Waals surface area contributed by atoms with Gasteiger partial charge in [0.25, 0.3) is 0 Å². The SMILES string of the molecule is CC(C)C[C@H](NC(=O)[C@H](NCc1ccccc1)[C@@H](O)[C@H](Cc1ccccc1)NC(=O)[C@@H](NC(=O)OCc1ccccc1)C(C)C)C(=O)NCc1ccccc1. The zero-order valence-corrected chi connectivity index (χ0v) is 32.1. The Labute approximate surface area is 324 Å². The van der Waals surface area contributed by atoms with Gasteiger partial charge in [-0.25, -0.2) is 4.79 Å². The minimum absolute atomic E-state index is 0.0282. The van der Waals surface area contributed by atoms with E-state index < -0.39 is 48.2 Å². The van der Waals surface area contributed by atoms with E-state index in [-0.39, 0.29) is 37.3 Å². The average molecular weight is 750 g/mol. The molecule has 4 aromatic rings. The monoisotopic (exact) mass is 749 g/mol. The molecule has 0 aliphatic rings. The van der Waals surface area contributed by atoms with Crippen LogP contribution in [0.1, 0.15) is 56.4 Å². The van der Waals surface area contributed by atoms with Gasteiger partial charge in [-0.2, -0.15) is 0 Å². The van der Waals surface area contributed by atoms with Crippen LogP contribution in [0.25, 0.3) is 0 Å². The van der Waals surface area contributed by atoms with Crippen LogP contribution in [0.2, 0.25) is 0 Å². The van der Waals surface area contributed by atoms with Crippen molar-refractivity contribution in [3.05, 3.63) is 144 Å². The van der Waals surface area contributed by atoms with Gasteiger partial charge in [-0.3, -0.25) is 19.7 Å². The number of carbonyl (C=O) groups is 4. The summed E-state index contributed by atoms with van der Waals surface area (Å²) >= 11 is 0. The number of nitrogens with one attached hydrogen (secondary N) is 5. The van der Waals surface area contributed by atoms with Gasteiger partial charge in [0.2, 0.25) is 17.7 Å². The van der Waals surface area contributed by atoms with E-state index in [4.69, 9.17) is 4.74 Å². The van der Waals surface area contributed by atoms with Crippen LogP contribution in [0.5, 0.6) is 0 Å². The number of carbonyl (C=O) groups excluding carboxylic acids is 4. The normalized spacial score (nSPS) is 13.9. The standard InChI is InChI=1S/C44H55N5O6/c1-30(2)25-37(41(51)46-28-34-21-13-7-14-22-34)48-43(53)39(45-27-33-19-11-6-12-20-33)40(50)36(26-32-17-9-5-10-18-32)47-42(52)38(31(3)4)49-44(54)55-29-35-23-15-8-16-24-35/h5-24,30-31,36-40,45,50H,25-29H2,1-4H3,(H,46,51)(H,47,52)(H,48,53)(H,49,54)/t36-,37-,38-,39+,40-/m0/s1. The van der Waals surface area contributed by atoms with Crippen LogP contribution in [0.15, 0.2) is 121 Å². The summed E-state index contributed by atoms with van der Waals surface area (Å²) in [6, 6.07) is 33.3. The molecule has 0 fully saturated rings. The first-order valence-electron chi connectivity index (χ1n) is 18.9. The smallest absolute Gasteiger partial charge is 0.408 e. The highest BCUT2D eigenvalue weighted by Gasteiger charge is 2.37. The van der Waals surface area contributed by atoms with Crippen molar-refractivity contribution in [2.45, 2.75) is 90.5 Å². The second-order valence-corrected chi connectivity index (χ2v) is 14.5. The van der Waals surface area contributed by atoms with Crippen LogP contribution < -0.4 is 26.6 Å². The lowest BCUT2D eigenvalue weighted by Gasteiger charge is -2.33. The number of aliphatic hydroxyl groups is 1. The quantitative estimate of drug-likeness (QED) is 0.0740. The first-order valence-corrected chi connectivity index (χ1v) is 18.9. The molecule has 292 valence electrons. The summed E-state index contributed by atoms with van der Waals surface area (Å²) in [5, 5.41) is 26.9. The molecule has 0 bridgehead atoms. The maximum absolute atomic E-state index is 14.3. The topological polar surface area (TPSA) is 158 Å². The Morgan fingerprint density at radius 2 is 1.07 bits per heavy atom. The molecule has 0 heterocycles. The summed E-state index contributed by atoms with van der Waals surface area (Å²) in [6.45, 7) is 8.05.